The number of aliphatic hydroxyl groups is 1. The van der Waals surface area contributed by atoms with Crippen LogP contribution in [0.3, 0.4) is 0 Å². The number of likely N-dealkylation sites (tertiary alicyclic amines) is 1. The zero-order chi connectivity index (χ0) is 24.4. The van der Waals surface area contributed by atoms with Crippen molar-refractivity contribution in [3.05, 3.63) is 83.2 Å². The molecule has 4 rings (SSSR count). The fourth-order valence-corrected chi connectivity index (χ4v) is 4.19. The van der Waals surface area contributed by atoms with Gasteiger partial charge in [-0.05, 0) is 50.8 Å². The number of carbonyl (C=O) groups is 2. The maximum absolute atomic E-state index is 13.2. The molecule has 0 saturated carbocycles. The molecule has 1 aromatic heterocycles. The standard InChI is InChI=1S/C26H28N4O4/c1-17-21(16-27-30(17)19-10-6-5-7-11-19)24(31)22-23(18-9-8-12-20(15-18)34-4)29(14-13-28(2)3)26(33)25(22)32/h5-12,15-16,23,31H,13-14H2,1-4H3/t23-/m1/s1. The van der Waals surface area contributed by atoms with E-state index in [0.717, 1.165) is 5.69 Å². The van der Waals surface area contributed by atoms with Gasteiger partial charge in [0.25, 0.3) is 11.7 Å². The van der Waals surface area contributed by atoms with Crippen molar-refractivity contribution in [2.45, 2.75) is 13.0 Å². The fraction of sp³-hybridized carbons (Fsp3) is 0.269. The zero-order valence-electron chi connectivity index (χ0n) is 19.7. The quantitative estimate of drug-likeness (QED) is 0.331. The predicted molar refractivity (Wildman–Crippen MR) is 129 cm³/mol. The van der Waals surface area contributed by atoms with E-state index in [1.54, 1.807) is 30.0 Å². The minimum absolute atomic E-state index is 0.0488. The number of aromatic nitrogens is 2. The number of ketones is 1. The highest BCUT2D eigenvalue weighted by molar-refractivity contribution is 6.46. The third kappa shape index (κ3) is 4.20. The van der Waals surface area contributed by atoms with E-state index in [1.807, 2.05) is 62.3 Å². The summed E-state index contributed by atoms with van der Waals surface area (Å²) in [6.07, 6.45) is 1.52. The monoisotopic (exact) mass is 460 g/mol. The number of methoxy groups -OCH3 is 1. The van der Waals surface area contributed by atoms with E-state index >= 15 is 0 Å². The number of hydrogen-bond acceptors (Lipinski definition) is 6. The number of carbonyl (C=O) groups excluding carboxylic acids is 2. The lowest BCUT2D eigenvalue weighted by Crippen LogP contribution is -2.35. The summed E-state index contributed by atoms with van der Waals surface area (Å²) >= 11 is 0. The number of rotatable bonds is 7. The van der Waals surface area contributed by atoms with Gasteiger partial charge in [0.15, 0.2) is 0 Å². The highest BCUT2D eigenvalue weighted by Crippen LogP contribution is 2.40. The van der Waals surface area contributed by atoms with E-state index in [4.69, 9.17) is 4.74 Å². The number of Topliss-reactive ketones (excluding diaryl/α,β-unsaturated/α-hetero) is 1. The molecule has 0 unspecified atom stereocenters. The highest BCUT2D eigenvalue weighted by Gasteiger charge is 2.46. The van der Waals surface area contributed by atoms with Gasteiger partial charge in [0.1, 0.15) is 11.5 Å². The first-order valence-electron chi connectivity index (χ1n) is 11.0. The molecular weight excluding hydrogens is 432 g/mol. The molecule has 1 N–H and O–H groups in total. The SMILES string of the molecule is COc1cccc([C@@H]2C(=C(O)c3cnn(-c4ccccc4)c3C)C(=O)C(=O)N2CCN(C)C)c1. The Hall–Kier alpha value is -3.91. The number of amides is 1. The van der Waals surface area contributed by atoms with E-state index in [2.05, 4.69) is 5.10 Å². The van der Waals surface area contributed by atoms with Crippen LogP contribution >= 0.6 is 0 Å². The first-order valence-corrected chi connectivity index (χ1v) is 11.0. The average molecular weight is 461 g/mol. The number of likely N-dealkylation sites (N-methyl/N-ethyl adjacent to an activating group) is 1. The van der Waals surface area contributed by atoms with Crippen molar-refractivity contribution in [1.29, 1.82) is 0 Å². The van der Waals surface area contributed by atoms with Crippen LogP contribution in [0.1, 0.15) is 22.9 Å². The smallest absolute Gasteiger partial charge is 0.295 e. The van der Waals surface area contributed by atoms with Gasteiger partial charge in [0.05, 0.1) is 41.9 Å². The first-order chi connectivity index (χ1) is 16.3. The third-order valence-electron chi connectivity index (χ3n) is 6.00. The summed E-state index contributed by atoms with van der Waals surface area (Å²) in [5, 5.41) is 15.8. The molecule has 1 atom stereocenters. The van der Waals surface area contributed by atoms with Crippen LogP contribution in [0.15, 0.2) is 66.4 Å². The Kier molecular flexibility index (Phi) is 6.51. The Morgan fingerprint density at radius 1 is 1.12 bits per heavy atom. The topological polar surface area (TPSA) is 87.9 Å². The Labute approximate surface area is 198 Å². The first kappa shape index (κ1) is 23.3. The summed E-state index contributed by atoms with van der Waals surface area (Å²) < 4.78 is 7.06. The minimum Gasteiger partial charge on any atom is -0.507 e. The average Bonchev–Trinajstić information content (AvgIpc) is 3.35. The maximum Gasteiger partial charge on any atom is 0.295 e. The molecule has 0 bridgehead atoms. The molecule has 1 aliphatic heterocycles. The number of nitrogens with zero attached hydrogens (tertiary/aromatic N) is 4. The lowest BCUT2D eigenvalue weighted by Gasteiger charge is -2.26. The number of benzene rings is 2. The summed E-state index contributed by atoms with van der Waals surface area (Å²) in [6.45, 7) is 2.72. The summed E-state index contributed by atoms with van der Waals surface area (Å²) in [7, 11) is 5.36. The van der Waals surface area contributed by atoms with Gasteiger partial charge in [-0.3, -0.25) is 9.59 Å². The molecule has 1 fully saturated rings. The number of hydrogen-bond donors (Lipinski definition) is 1. The maximum atomic E-state index is 13.2. The third-order valence-corrected chi connectivity index (χ3v) is 6.00. The molecule has 2 heterocycles. The van der Waals surface area contributed by atoms with E-state index in [0.29, 0.717) is 35.7 Å². The van der Waals surface area contributed by atoms with Crippen molar-refractivity contribution in [2.75, 3.05) is 34.3 Å². The lowest BCUT2D eigenvalue weighted by molar-refractivity contribution is -0.140. The molecule has 2 aromatic carbocycles. The second kappa shape index (κ2) is 9.52. The zero-order valence-corrected chi connectivity index (χ0v) is 19.7. The molecular formula is C26H28N4O4. The van der Waals surface area contributed by atoms with Crippen LogP contribution in [0, 0.1) is 6.92 Å². The van der Waals surface area contributed by atoms with Crippen LogP contribution in [-0.4, -0.2) is 70.7 Å². The van der Waals surface area contributed by atoms with E-state index in [9.17, 15) is 14.7 Å². The fourth-order valence-electron chi connectivity index (χ4n) is 4.19. The number of para-hydroxylation sites is 1. The largest absolute Gasteiger partial charge is 0.507 e. The summed E-state index contributed by atoms with van der Waals surface area (Å²) in [6, 6.07) is 16.0. The molecule has 34 heavy (non-hydrogen) atoms. The summed E-state index contributed by atoms with van der Waals surface area (Å²) in [4.78, 5) is 29.7. The predicted octanol–water partition coefficient (Wildman–Crippen LogP) is 3.17. The van der Waals surface area contributed by atoms with Gasteiger partial charge in [0, 0.05) is 13.1 Å². The minimum atomic E-state index is -0.741. The van der Waals surface area contributed by atoms with Gasteiger partial charge in [-0.15, -0.1) is 0 Å². The molecule has 0 radical (unpaired) electrons. The van der Waals surface area contributed by atoms with Crippen LogP contribution in [0.5, 0.6) is 5.75 Å². The molecule has 8 heteroatoms. The molecule has 0 aliphatic carbocycles. The van der Waals surface area contributed by atoms with Crippen molar-refractivity contribution in [3.63, 3.8) is 0 Å². The normalized spacial score (nSPS) is 17.6. The highest BCUT2D eigenvalue weighted by atomic mass is 16.5. The summed E-state index contributed by atoms with van der Waals surface area (Å²) in [5.74, 6) is -0.984. The second-order valence-corrected chi connectivity index (χ2v) is 8.46. The Morgan fingerprint density at radius 2 is 1.85 bits per heavy atom. The Bertz CT molecular complexity index is 1250. The van der Waals surface area contributed by atoms with Gasteiger partial charge in [0.2, 0.25) is 0 Å². The number of ether oxygens (including phenoxy) is 1. The van der Waals surface area contributed by atoms with Gasteiger partial charge in [-0.1, -0.05) is 30.3 Å². The van der Waals surface area contributed by atoms with Crippen molar-refractivity contribution in [2.24, 2.45) is 0 Å². The van der Waals surface area contributed by atoms with Crippen LogP contribution < -0.4 is 4.74 Å². The lowest BCUT2D eigenvalue weighted by atomic mass is 9.95. The summed E-state index contributed by atoms with van der Waals surface area (Å²) in [5.41, 5.74) is 2.63. The van der Waals surface area contributed by atoms with Crippen molar-refractivity contribution in [3.8, 4) is 11.4 Å². The van der Waals surface area contributed by atoms with E-state index in [-0.39, 0.29) is 11.3 Å². The van der Waals surface area contributed by atoms with E-state index < -0.39 is 17.7 Å². The van der Waals surface area contributed by atoms with Crippen LogP contribution in [0.25, 0.3) is 11.4 Å². The molecule has 176 valence electrons. The second-order valence-electron chi connectivity index (χ2n) is 8.46. The Morgan fingerprint density at radius 3 is 2.53 bits per heavy atom. The molecule has 1 amide bonds. The molecule has 8 nitrogen and oxygen atoms in total. The van der Waals surface area contributed by atoms with Gasteiger partial charge < -0.3 is 19.6 Å². The molecule has 3 aromatic rings. The van der Waals surface area contributed by atoms with Crippen molar-refractivity contribution in [1.82, 2.24) is 19.6 Å². The van der Waals surface area contributed by atoms with Crippen molar-refractivity contribution >= 4 is 17.4 Å². The van der Waals surface area contributed by atoms with Crippen LogP contribution in [0.4, 0.5) is 0 Å². The van der Waals surface area contributed by atoms with Crippen molar-refractivity contribution < 1.29 is 19.4 Å². The number of aliphatic hydroxyl groups excluding tert-OH is 1. The molecule has 1 saturated heterocycles. The van der Waals surface area contributed by atoms with Crippen LogP contribution in [0.2, 0.25) is 0 Å². The Balaban J connectivity index is 1.86. The van der Waals surface area contributed by atoms with Gasteiger partial charge in [-0.25, -0.2) is 4.68 Å². The molecule has 0 spiro atoms. The van der Waals surface area contributed by atoms with Gasteiger partial charge in [-0.2, -0.15) is 5.10 Å². The van der Waals surface area contributed by atoms with E-state index in [1.165, 1.54) is 11.1 Å². The van der Waals surface area contributed by atoms with Crippen LogP contribution in [-0.2, 0) is 9.59 Å². The molecule has 1 aliphatic rings. The van der Waals surface area contributed by atoms with Gasteiger partial charge >= 0.3 is 0 Å².